The Morgan fingerprint density at radius 1 is 1.19 bits per heavy atom. The molecule has 1 aliphatic heterocycles. The fourth-order valence-corrected chi connectivity index (χ4v) is 3.80. The second-order valence-corrected chi connectivity index (χ2v) is 5.48. The highest BCUT2D eigenvalue weighted by atomic mass is 14.9. The summed E-state index contributed by atoms with van der Waals surface area (Å²) in [7, 11) is 0. The summed E-state index contributed by atoms with van der Waals surface area (Å²) in [5.74, 6) is 3.05. The highest BCUT2D eigenvalue weighted by Crippen LogP contribution is 2.47. The normalized spacial score (nSPS) is 43.0. The third-order valence-electron chi connectivity index (χ3n) is 4.62. The van der Waals surface area contributed by atoms with Gasteiger partial charge in [0.25, 0.3) is 0 Å². The molecule has 82 valence electrons. The van der Waals surface area contributed by atoms with Gasteiger partial charge in [-0.05, 0) is 42.2 Å². The van der Waals surface area contributed by atoms with Crippen LogP contribution in [0.5, 0.6) is 0 Å². The molecule has 0 amide bonds. The SMILES string of the molecule is C1=CCC2C(=C1)C=C1NCC3C=CC2C1C3. The monoisotopic (exact) mass is 211 g/mol. The van der Waals surface area contributed by atoms with E-state index in [1.54, 1.807) is 0 Å². The topological polar surface area (TPSA) is 12.0 Å². The Morgan fingerprint density at radius 2 is 2.19 bits per heavy atom. The van der Waals surface area contributed by atoms with Gasteiger partial charge in [-0.3, -0.25) is 0 Å². The summed E-state index contributed by atoms with van der Waals surface area (Å²) >= 11 is 0. The highest BCUT2D eigenvalue weighted by Gasteiger charge is 2.40. The van der Waals surface area contributed by atoms with E-state index in [0.29, 0.717) is 0 Å². The summed E-state index contributed by atoms with van der Waals surface area (Å²) in [6.45, 7) is 1.14. The Balaban J connectivity index is 1.84. The van der Waals surface area contributed by atoms with Crippen molar-refractivity contribution in [2.24, 2.45) is 23.7 Å². The van der Waals surface area contributed by atoms with Crippen molar-refractivity contribution in [3.8, 4) is 0 Å². The predicted molar refractivity (Wildman–Crippen MR) is 65.6 cm³/mol. The first-order chi connectivity index (χ1) is 7.92. The van der Waals surface area contributed by atoms with Crippen LogP contribution in [-0.2, 0) is 0 Å². The molecule has 1 N–H and O–H groups in total. The van der Waals surface area contributed by atoms with Gasteiger partial charge in [0.05, 0.1) is 0 Å². The average molecular weight is 211 g/mol. The molecule has 0 saturated carbocycles. The number of fused-ring (bicyclic) bond motifs is 3. The Kier molecular flexibility index (Phi) is 1.73. The van der Waals surface area contributed by atoms with Crippen LogP contribution in [0.25, 0.3) is 0 Å². The molecular formula is C15H17N. The molecule has 16 heavy (non-hydrogen) atoms. The lowest BCUT2D eigenvalue weighted by Crippen LogP contribution is -2.43. The molecule has 4 rings (SSSR count). The molecule has 0 aromatic heterocycles. The summed E-state index contributed by atoms with van der Waals surface area (Å²) in [5, 5.41) is 3.63. The van der Waals surface area contributed by atoms with Gasteiger partial charge in [0.15, 0.2) is 0 Å². The summed E-state index contributed by atoms with van der Waals surface area (Å²) in [4.78, 5) is 0. The van der Waals surface area contributed by atoms with Gasteiger partial charge >= 0.3 is 0 Å². The van der Waals surface area contributed by atoms with Crippen LogP contribution in [0.3, 0.4) is 0 Å². The van der Waals surface area contributed by atoms with Crippen LogP contribution in [0.2, 0.25) is 0 Å². The molecule has 0 aromatic rings. The van der Waals surface area contributed by atoms with Gasteiger partial charge in [0, 0.05) is 18.2 Å². The van der Waals surface area contributed by atoms with Crippen molar-refractivity contribution in [1.29, 1.82) is 0 Å². The van der Waals surface area contributed by atoms with E-state index < -0.39 is 0 Å². The van der Waals surface area contributed by atoms with Crippen molar-refractivity contribution in [3.63, 3.8) is 0 Å². The first-order valence-electron chi connectivity index (χ1n) is 6.42. The van der Waals surface area contributed by atoms with Crippen LogP contribution < -0.4 is 5.32 Å². The van der Waals surface area contributed by atoms with Gasteiger partial charge in [0.1, 0.15) is 0 Å². The molecule has 4 unspecified atom stereocenters. The molecule has 1 nitrogen and oxygen atoms in total. The zero-order valence-electron chi connectivity index (χ0n) is 9.39. The van der Waals surface area contributed by atoms with Gasteiger partial charge < -0.3 is 5.32 Å². The summed E-state index contributed by atoms with van der Waals surface area (Å²) in [5.41, 5.74) is 3.04. The zero-order valence-corrected chi connectivity index (χ0v) is 9.39. The fraction of sp³-hybridized carbons (Fsp3) is 0.467. The van der Waals surface area contributed by atoms with Gasteiger partial charge in [-0.1, -0.05) is 30.4 Å². The summed E-state index contributed by atoms with van der Waals surface area (Å²) in [6, 6.07) is 0. The molecule has 1 fully saturated rings. The lowest BCUT2D eigenvalue weighted by atomic mass is 9.63. The number of hydrogen-bond donors (Lipinski definition) is 1. The van der Waals surface area contributed by atoms with E-state index >= 15 is 0 Å². The maximum Gasteiger partial charge on any atom is 0.0207 e. The molecule has 0 radical (unpaired) electrons. The van der Waals surface area contributed by atoms with Crippen LogP contribution in [0.1, 0.15) is 12.8 Å². The summed E-state index contributed by atoms with van der Waals surface area (Å²) < 4.78 is 0. The minimum absolute atomic E-state index is 0.746. The second-order valence-electron chi connectivity index (χ2n) is 5.48. The maximum absolute atomic E-state index is 3.63. The van der Waals surface area contributed by atoms with Crippen molar-refractivity contribution in [3.05, 3.63) is 47.7 Å². The molecule has 1 saturated heterocycles. The largest absolute Gasteiger partial charge is 0.387 e. The van der Waals surface area contributed by atoms with Crippen molar-refractivity contribution in [2.75, 3.05) is 6.54 Å². The average Bonchev–Trinajstić information content (AvgIpc) is 2.36. The molecule has 2 bridgehead atoms. The van der Waals surface area contributed by atoms with Gasteiger partial charge in [-0.15, -0.1) is 0 Å². The van der Waals surface area contributed by atoms with Crippen LogP contribution in [0.4, 0.5) is 0 Å². The Hall–Kier alpha value is -1.24. The van der Waals surface area contributed by atoms with Gasteiger partial charge in [-0.2, -0.15) is 0 Å². The molecule has 1 heterocycles. The van der Waals surface area contributed by atoms with Crippen LogP contribution in [0, 0.1) is 23.7 Å². The van der Waals surface area contributed by atoms with E-state index in [0.717, 1.165) is 30.2 Å². The first-order valence-corrected chi connectivity index (χ1v) is 6.42. The van der Waals surface area contributed by atoms with Gasteiger partial charge in [-0.25, -0.2) is 0 Å². The smallest absolute Gasteiger partial charge is 0.0207 e. The third kappa shape index (κ3) is 1.12. The molecule has 0 aromatic carbocycles. The minimum Gasteiger partial charge on any atom is -0.387 e. The Bertz CT molecular complexity index is 438. The number of nitrogens with one attached hydrogen (secondary N) is 1. The van der Waals surface area contributed by atoms with E-state index in [-0.39, 0.29) is 0 Å². The van der Waals surface area contributed by atoms with Crippen molar-refractivity contribution in [2.45, 2.75) is 12.8 Å². The van der Waals surface area contributed by atoms with E-state index in [1.165, 1.54) is 24.1 Å². The number of allylic oxidation sites excluding steroid dienone is 7. The first kappa shape index (κ1) is 8.86. The molecule has 0 spiro atoms. The number of hydrogen-bond acceptors (Lipinski definition) is 1. The number of rotatable bonds is 0. The van der Waals surface area contributed by atoms with Crippen molar-refractivity contribution >= 4 is 0 Å². The number of piperidine rings is 1. The molecular weight excluding hydrogens is 194 g/mol. The van der Waals surface area contributed by atoms with Crippen molar-refractivity contribution in [1.82, 2.24) is 5.32 Å². The van der Waals surface area contributed by atoms with E-state index in [1.807, 2.05) is 0 Å². The molecule has 4 aliphatic rings. The predicted octanol–water partition coefficient (Wildman–Crippen LogP) is 2.80. The molecule has 3 aliphatic carbocycles. The quantitative estimate of drug-likeness (QED) is 0.607. The maximum atomic E-state index is 3.63. The van der Waals surface area contributed by atoms with E-state index in [9.17, 15) is 0 Å². The lowest BCUT2D eigenvalue weighted by molar-refractivity contribution is 0.236. The third-order valence-corrected chi connectivity index (χ3v) is 4.62. The Morgan fingerprint density at radius 3 is 3.19 bits per heavy atom. The zero-order chi connectivity index (χ0) is 10.5. The van der Waals surface area contributed by atoms with E-state index in [2.05, 4.69) is 41.8 Å². The van der Waals surface area contributed by atoms with E-state index in [4.69, 9.17) is 0 Å². The molecule has 4 atom stereocenters. The standard InChI is InChI=1S/C15H17N/c1-2-4-12-11(3-1)8-15-14-7-10(9-16-15)5-6-13(12)14/h1-3,5-6,8,10,12-14,16H,4,7,9H2. The summed E-state index contributed by atoms with van der Waals surface area (Å²) in [6.07, 6.45) is 16.8. The Labute approximate surface area is 96.6 Å². The van der Waals surface area contributed by atoms with Crippen LogP contribution in [-0.4, -0.2) is 6.54 Å². The van der Waals surface area contributed by atoms with Crippen LogP contribution >= 0.6 is 0 Å². The second kappa shape index (κ2) is 3.13. The van der Waals surface area contributed by atoms with Crippen LogP contribution in [0.15, 0.2) is 47.7 Å². The lowest BCUT2D eigenvalue weighted by Gasteiger charge is -2.46. The minimum atomic E-state index is 0.746. The van der Waals surface area contributed by atoms with Crippen molar-refractivity contribution < 1.29 is 0 Å². The molecule has 1 heteroatoms. The van der Waals surface area contributed by atoms with Gasteiger partial charge in [0.2, 0.25) is 0 Å². The highest BCUT2D eigenvalue weighted by molar-refractivity contribution is 5.40. The fourth-order valence-electron chi connectivity index (χ4n) is 3.80.